The van der Waals surface area contributed by atoms with E-state index in [4.69, 9.17) is 0 Å². The number of rotatable bonds is 2. The van der Waals surface area contributed by atoms with Crippen LogP contribution in [0.5, 0.6) is 0 Å². The van der Waals surface area contributed by atoms with Crippen LogP contribution in [-0.4, -0.2) is 35.3 Å². The number of carbonyl (C=O) groups is 2. The van der Waals surface area contributed by atoms with Gasteiger partial charge in [-0.3, -0.25) is 9.59 Å². The highest BCUT2D eigenvalue weighted by Crippen LogP contribution is 2.37. The fourth-order valence-corrected chi connectivity index (χ4v) is 3.72. The first kappa shape index (κ1) is 12.9. The average Bonchev–Trinajstić information content (AvgIpc) is 3.20. The van der Waals surface area contributed by atoms with Crippen LogP contribution in [-0.2, 0) is 9.59 Å². The molecule has 0 spiro atoms. The zero-order valence-corrected chi connectivity index (χ0v) is 11.9. The Morgan fingerprint density at radius 1 is 1.11 bits per heavy atom. The third kappa shape index (κ3) is 2.37. The molecular formula is C15H24N2O2. The van der Waals surface area contributed by atoms with E-state index in [9.17, 15) is 9.59 Å². The molecule has 0 radical (unpaired) electrons. The van der Waals surface area contributed by atoms with Gasteiger partial charge in [-0.05, 0) is 37.0 Å². The molecule has 3 aliphatic rings. The quantitative estimate of drug-likeness (QED) is 0.822. The van der Waals surface area contributed by atoms with E-state index < -0.39 is 0 Å². The summed E-state index contributed by atoms with van der Waals surface area (Å²) in [6, 6.07) is 0.0363. The molecule has 2 aliphatic carbocycles. The van der Waals surface area contributed by atoms with E-state index in [0.717, 1.165) is 19.3 Å². The van der Waals surface area contributed by atoms with E-state index in [1.807, 2.05) is 4.90 Å². The third-order valence-corrected chi connectivity index (χ3v) is 5.34. The molecule has 4 unspecified atom stereocenters. The fraction of sp³-hybridized carbons (Fsp3) is 0.867. The minimum atomic E-state index is -0.231. The maximum Gasteiger partial charge on any atom is 0.246 e. The van der Waals surface area contributed by atoms with Crippen molar-refractivity contribution >= 4 is 11.8 Å². The molecule has 1 heterocycles. The van der Waals surface area contributed by atoms with Gasteiger partial charge in [0.15, 0.2) is 0 Å². The molecule has 0 bridgehead atoms. The first-order chi connectivity index (χ1) is 9.08. The van der Waals surface area contributed by atoms with E-state index in [0.29, 0.717) is 17.8 Å². The Labute approximate surface area is 114 Å². The Morgan fingerprint density at radius 2 is 1.84 bits per heavy atom. The van der Waals surface area contributed by atoms with Gasteiger partial charge in [0, 0.05) is 6.04 Å². The van der Waals surface area contributed by atoms with Crippen LogP contribution in [0.4, 0.5) is 0 Å². The number of nitrogens with one attached hydrogen (secondary N) is 1. The van der Waals surface area contributed by atoms with Crippen LogP contribution in [0.3, 0.4) is 0 Å². The van der Waals surface area contributed by atoms with Gasteiger partial charge in [0.2, 0.25) is 11.8 Å². The molecule has 1 aliphatic heterocycles. The van der Waals surface area contributed by atoms with Gasteiger partial charge in [-0.25, -0.2) is 0 Å². The largest absolute Gasteiger partial charge is 0.342 e. The molecule has 19 heavy (non-hydrogen) atoms. The molecule has 4 heteroatoms. The average molecular weight is 264 g/mol. The van der Waals surface area contributed by atoms with Crippen LogP contribution in [0.15, 0.2) is 0 Å². The Kier molecular flexibility index (Phi) is 3.27. The van der Waals surface area contributed by atoms with Crippen molar-refractivity contribution in [3.8, 4) is 0 Å². The minimum absolute atomic E-state index is 0.0296. The van der Waals surface area contributed by atoms with Crippen molar-refractivity contribution in [1.29, 1.82) is 0 Å². The van der Waals surface area contributed by atoms with Crippen molar-refractivity contribution in [3.63, 3.8) is 0 Å². The third-order valence-electron chi connectivity index (χ3n) is 5.34. The molecule has 106 valence electrons. The van der Waals surface area contributed by atoms with Crippen LogP contribution in [0.1, 0.15) is 46.0 Å². The zero-order chi connectivity index (χ0) is 13.6. The second-order valence-electron chi connectivity index (χ2n) is 6.68. The summed E-state index contributed by atoms with van der Waals surface area (Å²) >= 11 is 0. The zero-order valence-electron chi connectivity index (χ0n) is 11.9. The van der Waals surface area contributed by atoms with Gasteiger partial charge in [-0.15, -0.1) is 0 Å². The molecule has 2 amide bonds. The van der Waals surface area contributed by atoms with Crippen LogP contribution in [0, 0.1) is 17.8 Å². The lowest BCUT2D eigenvalue weighted by atomic mass is 9.77. The summed E-state index contributed by atoms with van der Waals surface area (Å²) in [6.07, 6.45) is 5.65. The molecule has 1 N–H and O–H groups in total. The van der Waals surface area contributed by atoms with Crippen molar-refractivity contribution in [3.05, 3.63) is 0 Å². The van der Waals surface area contributed by atoms with Crippen LogP contribution in [0.25, 0.3) is 0 Å². The standard InChI is InChI=1S/C15H24N2O2/c1-9-4-3-5-12(10(9)2)17-8-13(18)16-14(15(17)19)11-6-7-11/h9-12,14H,3-8H2,1-2H3,(H,16,18). The van der Waals surface area contributed by atoms with Crippen LogP contribution < -0.4 is 5.32 Å². The molecule has 2 saturated carbocycles. The Bertz CT molecular complexity index is 392. The lowest BCUT2D eigenvalue weighted by molar-refractivity contribution is -0.149. The van der Waals surface area contributed by atoms with E-state index in [2.05, 4.69) is 19.2 Å². The van der Waals surface area contributed by atoms with Gasteiger partial charge in [0.05, 0.1) is 6.54 Å². The van der Waals surface area contributed by atoms with Gasteiger partial charge in [-0.1, -0.05) is 26.7 Å². The predicted molar refractivity (Wildman–Crippen MR) is 72.3 cm³/mol. The summed E-state index contributed by atoms with van der Waals surface area (Å²) in [6.45, 7) is 4.77. The summed E-state index contributed by atoms with van der Waals surface area (Å²) in [7, 11) is 0. The predicted octanol–water partition coefficient (Wildman–Crippen LogP) is 1.55. The fourth-order valence-electron chi connectivity index (χ4n) is 3.72. The highest BCUT2D eigenvalue weighted by Gasteiger charge is 2.46. The molecular weight excluding hydrogens is 240 g/mol. The normalized spacial score (nSPS) is 40.2. The number of hydrogen-bond acceptors (Lipinski definition) is 2. The number of hydrogen-bond donors (Lipinski definition) is 1. The maximum absolute atomic E-state index is 12.6. The summed E-state index contributed by atoms with van der Waals surface area (Å²) in [5.41, 5.74) is 0. The van der Waals surface area contributed by atoms with E-state index in [1.54, 1.807) is 0 Å². The minimum Gasteiger partial charge on any atom is -0.342 e. The highest BCUT2D eigenvalue weighted by molar-refractivity contribution is 5.95. The SMILES string of the molecule is CC1CCCC(N2CC(=O)NC(C3CC3)C2=O)C1C. The van der Waals surface area contributed by atoms with E-state index in [-0.39, 0.29) is 30.4 Å². The number of amides is 2. The molecule has 0 aromatic heterocycles. The lowest BCUT2D eigenvalue weighted by Gasteiger charge is -2.44. The van der Waals surface area contributed by atoms with Gasteiger partial charge < -0.3 is 10.2 Å². The molecule has 4 nitrogen and oxygen atoms in total. The summed E-state index contributed by atoms with van der Waals surface area (Å²) in [5.74, 6) is 1.75. The van der Waals surface area contributed by atoms with Crippen molar-refractivity contribution in [2.75, 3.05) is 6.54 Å². The molecule has 3 rings (SSSR count). The molecule has 0 aromatic rings. The Hall–Kier alpha value is -1.06. The van der Waals surface area contributed by atoms with Crippen molar-refractivity contribution < 1.29 is 9.59 Å². The molecule has 3 fully saturated rings. The van der Waals surface area contributed by atoms with Crippen LogP contribution >= 0.6 is 0 Å². The van der Waals surface area contributed by atoms with Crippen molar-refractivity contribution in [2.24, 2.45) is 17.8 Å². The molecule has 1 saturated heterocycles. The van der Waals surface area contributed by atoms with Crippen molar-refractivity contribution in [2.45, 2.75) is 58.0 Å². The smallest absolute Gasteiger partial charge is 0.246 e. The second-order valence-corrected chi connectivity index (χ2v) is 6.68. The second kappa shape index (κ2) is 4.80. The van der Waals surface area contributed by atoms with Gasteiger partial charge >= 0.3 is 0 Å². The first-order valence-electron chi connectivity index (χ1n) is 7.67. The summed E-state index contributed by atoms with van der Waals surface area (Å²) < 4.78 is 0. The number of carbonyl (C=O) groups excluding carboxylic acids is 2. The van der Waals surface area contributed by atoms with Crippen LogP contribution in [0.2, 0.25) is 0 Å². The highest BCUT2D eigenvalue weighted by atomic mass is 16.2. The van der Waals surface area contributed by atoms with E-state index in [1.165, 1.54) is 12.8 Å². The maximum atomic E-state index is 12.6. The van der Waals surface area contributed by atoms with Crippen molar-refractivity contribution in [1.82, 2.24) is 10.2 Å². The lowest BCUT2D eigenvalue weighted by Crippen LogP contribution is -2.63. The van der Waals surface area contributed by atoms with Gasteiger partial charge in [0.25, 0.3) is 0 Å². The Morgan fingerprint density at radius 3 is 2.53 bits per heavy atom. The summed E-state index contributed by atoms with van der Waals surface area (Å²) in [5, 5.41) is 2.89. The van der Waals surface area contributed by atoms with E-state index >= 15 is 0 Å². The number of piperazine rings is 1. The molecule has 0 aromatic carbocycles. The Balaban J connectivity index is 1.77. The van der Waals surface area contributed by atoms with Gasteiger partial charge in [0.1, 0.15) is 6.04 Å². The topological polar surface area (TPSA) is 49.4 Å². The molecule has 4 atom stereocenters. The van der Waals surface area contributed by atoms with Gasteiger partial charge in [-0.2, -0.15) is 0 Å². The summed E-state index contributed by atoms with van der Waals surface area (Å²) in [4.78, 5) is 26.4. The number of nitrogens with zero attached hydrogens (tertiary/aromatic N) is 1. The monoisotopic (exact) mass is 264 g/mol. The first-order valence-corrected chi connectivity index (χ1v) is 7.67.